The summed E-state index contributed by atoms with van der Waals surface area (Å²) in [6.07, 6.45) is 0. The van der Waals surface area contributed by atoms with E-state index in [9.17, 15) is 0 Å². The van der Waals surface area contributed by atoms with Gasteiger partial charge in [0.2, 0.25) is 0 Å². The molecule has 0 atom stereocenters. The molecule has 0 radical (unpaired) electrons. The number of halogens is 2. The summed E-state index contributed by atoms with van der Waals surface area (Å²) in [4.78, 5) is 0. The van der Waals surface area contributed by atoms with Crippen molar-refractivity contribution < 1.29 is 4.52 Å². The zero-order chi connectivity index (χ0) is 12.6. The Bertz CT molecular complexity index is 551. The van der Waals surface area contributed by atoms with E-state index in [2.05, 4.69) is 34.9 Å². The number of anilines is 1. The average molecular weight is 316 g/mol. The molecule has 0 aliphatic rings. The van der Waals surface area contributed by atoms with Crippen molar-refractivity contribution in [2.75, 3.05) is 5.73 Å². The summed E-state index contributed by atoms with van der Waals surface area (Å²) >= 11 is 9.34. The van der Waals surface area contributed by atoms with Crippen LogP contribution in [-0.4, -0.2) is 5.16 Å². The van der Waals surface area contributed by atoms with Crippen molar-refractivity contribution in [2.45, 2.75) is 19.8 Å². The Morgan fingerprint density at radius 1 is 1.41 bits per heavy atom. The van der Waals surface area contributed by atoms with Crippen molar-refractivity contribution in [3.05, 3.63) is 33.3 Å². The van der Waals surface area contributed by atoms with Crippen LogP contribution in [0, 0.1) is 0 Å². The molecule has 0 amide bonds. The van der Waals surface area contributed by atoms with Crippen molar-refractivity contribution in [3.8, 4) is 11.3 Å². The third kappa shape index (κ3) is 2.33. The van der Waals surface area contributed by atoms with E-state index >= 15 is 0 Å². The fraction of sp³-hybridized carbons (Fsp3) is 0.250. The molecule has 0 saturated heterocycles. The zero-order valence-electron chi connectivity index (χ0n) is 9.50. The maximum absolute atomic E-state index is 5.96. The monoisotopic (exact) mass is 314 g/mol. The first-order valence-corrected chi connectivity index (χ1v) is 6.38. The molecular weight excluding hydrogens is 304 g/mol. The summed E-state index contributed by atoms with van der Waals surface area (Å²) < 4.78 is 6.12. The minimum absolute atomic E-state index is 0.255. The summed E-state index contributed by atoms with van der Waals surface area (Å²) in [5.74, 6) is 1.40. The second kappa shape index (κ2) is 4.70. The fourth-order valence-electron chi connectivity index (χ4n) is 1.71. The number of hydrogen-bond donors (Lipinski definition) is 1. The van der Waals surface area contributed by atoms with E-state index < -0.39 is 0 Å². The minimum atomic E-state index is 0.255. The molecule has 5 heteroatoms. The number of rotatable bonds is 2. The van der Waals surface area contributed by atoms with Crippen LogP contribution in [0.3, 0.4) is 0 Å². The lowest BCUT2D eigenvalue weighted by Crippen LogP contribution is -1.95. The molecule has 0 aliphatic heterocycles. The quantitative estimate of drug-likeness (QED) is 0.890. The second-order valence-corrected chi connectivity index (χ2v) is 5.36. The number of hydrogen-bond acceptors (Lipinski definition) is 3. The van der Waals surface area contributed by atoms with E-state index in [0.29, 0.717) is 16.6 Å². The lowest BCUT2D eigenvalue weighted by molar-refractivity contribution is 0.434. The molecule has 90 valence electrons. The molecule has 0 aliphatic carbocycles. The van der Waals surface area contributed by atoms with E-state index in [1.54, 1.807) is 0 Å². The Hall–Kier alpha value is -1.000. The van der Waals surface area contributed by atoms with Crippen LogP contribution in [0.25, 0.3) is 11.3 Å². The van der Waals surface area contributed by atoms with Crippen molar-refractivity contribution in [2.24, 2.45) is 0 Å². The highest BCUT2D eigenvalue weighted by atomic mass is 79.9. The van der Waals surface area contributed by atoms with E-state index in [-0.39, 0.29) is 5.92 Å². The van der Waals surface area contributed by atoms with Crippen LogP contribution in [-0.2, 0) is 0 Å². The first-order valence-electron chi connectivity index (χ1n) is 5.21. The standard InChI is InChI=1S/C12H12BrClN2O/c1-6(2)10-11(17-16-12(10)15)7-3-4-9(14)8(13)5-7/h3-6H,1-2H3,(H2,15,16). The van der Waals surface area contributed by atoms with Crippen LogP contribution in [0.15, 0.2) is 27.2 Å². The van der Waals surface area contributed by atoms with Crippen molar-refractivity contribution in [1.82, 2.24) is 5.16 Å². The van der Waals surface area contributed by atoms with Gasteiger partial charge in [0.15, 0.2) is 11.6 Å². The van der Waals surface area contributed by atoms with Crippen molar-refractivity contribution in [1.29, 1.82) is 0 Å². The van der Waals surface area contributed by atoms with Gasteiger partial charge in [-0.2, -0.15) is 0 Å². The summed E-state index contributed by atoms with van der Waals surface area (Å²) in [6.45, 7) is 4.11. The predicted molar refractivity (Wildman–Crippen MR) is 73.2 cm³/mol. The third-order valence-electron chi connectivity index (χ3n) is 2.51. The van der Waals surface area contributed by atoms with Crippen LogP contribution in [0.2, 0.25) is 5.02 Å². The molecule has 0 bridgehead atoms. The van der Waals surface area contributed by atoms with Gasteiger partial charge in [0, 0.05) is 15.6 Å². The smallest absolute Gasteiger partial charge is 0.172 e. The van der Waals surface area contributed by atoms with Gasteiger partial charge in [0.05, 0.1) is 5.02 Å². The number of nitrogens with two attached hydrogens (primary N) is 1. The lowest BCUT2D eigenvalue weighted by atomic mass is 9.99. The molecule has 0 unspecified atom stereocenters. The summed E-state index contributed by atoms with van der Waals surface area (Å²) in [5.41, 5.74) is 7.65. The third-order valence-corrected chi connectivity index (χ3v) is 3.73. The molecule has 3 nitrogen and oxygen atoms in total. The zero-order valence-corrected chi connectivity index (χ0v) is 11.8. The predicted octanol–water partition coefficient (Wildman–Crippen LogP) is 4.46. The molecule has 1 aromatic carbocycles. The summed E-state index contributed by atoms with van der Waals surface area (Å²) in [7, 11) is 0. The van der Waals surface area contributed by atoms with Crippen LogP contribution >= 0.6 is 27.5 Å². The molecule has 2 rings (SSSR count). The normalized spacial score (nSPS) is 11.1. The Labute approximate surface area is 113 Å². The van der Waals surface area contributed by atoms with E-state index in [0.717, 1.165) is 15.6 Å². The topological polar surface area (TPSA) is 52.0 Å². The van der Waals surface area contributed by atoms with E-state index in [1.165, 1.54) is 0 Å². The minimum Gasteiger partial charge on any atom is -0.381 e. The van der Waals surface area contributed by atoms with Crippen LogP contribution in [0.4, 0.5) is 5.82 Å². The van der Waals surface area contributed by atoms with Gasteiger partial charge < -0.3 is 10.3 Å². The molecule has 0 saturated carbocycles. The summed E-state index contributed by atoms with van der Waals surface area (Å²) in [5, 5.41) is 4.48. The molecule has 0 spiro atoms. The highest BCUT2D eigenvalue weighted by molar-refractivity contribution is 9.10. The van der Waals surface area contributed by atoms with E-state index in [1.807, 2.05) is 18.2 Å². The first kappa shape index (κ1) is 12.5. The molecule has 17 heavy (non-hydrogen) atoms. The lowest BCUT2D eigenvalue weighted by Gasteiger charge is -2.06. The van der Waals surface area contributed by atoms with Gasteiger partial charge in [-0.1, -0.05) is 30.6 Å². The van der Waals surface area contributed by atoms with Gasteiger partial charge in [-0.3, -0.25) is 0 Å². The van der Waals surface area contributed by atoms with Crippen molar-refractivity contribution in [3.63, 3.8) is 0 Å². The Morgan fingerprint density at radius 3 is 2.71 bits per heavy atom. The molecule has 2 aromatic rings. The molecular formula is C12H12BrClN2O. The number of nitrogen functional groups attached to an aromatic ring is 1. The van der Waals surface area contributed by atoms with Crippen molar-refractivity contribution >= 4 is 33.3 Å². The van der Waals surface area contributed by atoms with E-state index in [4.69, 9.17) is 21.9 Å². The largest absolute Gasteiger partial charge is 0.381 e. The van der Waals surface area contributed by atoms with Gasteiger partial charge in [0.25, 0.3) is 0 Å². The number of aromatic nitrogens is 1. The SMILES string of the molecule is CC(C)c1c(N)noc1-c1ccc(Cl)c(Br)c1. The van der Waals surface area contributed by atoms with Gasteiger partial charge >= 0.3 is 0 Å². The first-order chi connectivity index (χ1) is 8.00. The number of nitrogens with zero attached hydrogens (tertiary/aromatic N) is 1. The van der Waals surface area contributed by atoms with Gasteiger partial charge in [-0.05, 0) is 40.0 Å². The van der Waals surface area contributed by atoms with Crippen LogP contribution < -0.4 is 5.73 Å². The van der Waals surface area contributed by atoms with Gasteiger partial charge in [-0.15, -0.1) is 0 Å². The maximum atomic E-state index is 5.96. The Kier molecular flexibility index (Phi) is 3.45. The fourth-order valence-corrected chi connectivity index (χ4v) is 2.21. The van der Waals surface area contributed by atoms with Crippen LogP contribution in [0.5, 0.6) is 0 Å². The molecule has 2 N–H and O–H groups in total. The average Bonchev–Trinajstić information content (AvgIpc) is 2.64. The second-order valence-electron chi connectivity index (χ2n) is 4.09. The molecule has 1 aromatic heterocycles. The number of benzene rings is 1. The maximum Gasteiger partial charge on any atom is 0.172 e. The molecule has 0 fully saturated rings. The Morgan fingerprint density at radius 2 is 2.12 bits per heavy atom. The van der Waals surface area contributed by atoms with Crippen LogP contribution in [0.1, 0.15) is 25.3 Å². The highest BCUT2D eigenvalue weighted by Gasteiger charge is 2.18. The van der Waals surface area contributed by atoms with Gasteiger partial charge in [0.1, 0.15) is 0 Å². The highest BCUT2D eigenvalue weighted by Crippen LogP contribution is 2.35. The summed E-state index contributed by atoms with van der Waals surface area (Å²) in [6, 6.07) is 5.59. The molecule has 1 heterocycles. The van der Waals surface area contributed by atoms with Gasteiger partial charge in [-0.25, -0.2) is 0 Å². The Balaban J connectivity index is 2.56.